The summed E-state index contributed by atoms with van der Waals surface area (Å²) in [6.45, 7) is 4.41. The molecular weight excluding hydrogens is 206 g/mol. The smallest absolute Gasteiger partial charge is 0.335 e. The Morgan fingerprint density at radius 2 is 2.12 bits per heavy atom. The molecule has 4 heteroatoms. The van der Waals surface area contributed by atoms with Gasteiger partial charge in [-0.15, -0.1) is 0 Å². The van der Waals surface area contributed by atoms with Crippen molar-refractivity contribution in [3.63, 3.8) is 0 Å². The number of hydrogen-bond acceptors (Lipinski definition) is 3. The summed E-state index contributed by atoms with van der Waals surface area (Å²) in [6, 6.07) is 7.32. The second-order valence-corrected chi connectivity index (χ2v) is 3.97. The second kappa shape index (κ2) is 4.53. The van der Waals surface area contributed by atoms with Gasteiger partial charge in [0, 0.05) is 18.3 Å². The van der Waals surface area contributed by atoms with Gasteiger partial charge in [0.05, 0.1) is 18.8 Å². The van der Waals surface area contributed by atoms with E-state index in [1.807, 2.05) is 12.1 Å². The van der Waals surface area contributed by atoms with E-state index in [0.717, 1.165) is 25.4 Å². The Hall–Kier alpha value is -1.55. The third-order valence-electron chi connectivity index (χ3n) is 2.81. The van der Waals surface area contributed by atoms with Gasteiger partial charge in [-0.3, -0.25) is 0 Å². The van der Waals surface area contributed by atoms with Gasteiger partial charge in [-0.05, 0) is 31.2 Å². The number of aromatic carboxylic acids is 1. The number of hydrogen-bond donors (Lipinski definition) is 1. The summed E-state index contributed by atoms with van der Waals surface area (Å²) in [5.74, 6) is -0.887. The average molecular weight is 221 g/mol. The van der Waals surface area contributed by atoms with Crippen LogP contribution in [-0.2, 0) is 4.74 Å². The molecule has 1 aliphatic heterocycles. The molecule has 0 aromatic heterocycles. The molecule has 1 aromatic carbocycles. The SMILES string of the molecule is CC1COCCN1c1ccc(C(=O)O)cc1. The van der Waals surface area contributed by atoms with Crippen LogP contribution < -0.4 is 4.90 Å². The van der Waals surface area contributed by atoms with Crippen LogP contribution >= 0.6 is 0 Å². The summed E-state index contributed by atoms with van der Waals surface area (Å²) in [7, 11) is 0. The average Bonchev–Trinajstić information content (AvgIpc) is 2.30. The fourth-order valence-corrected chi connectivity index (χ4v) is 1.91. The van der Waals surface area contributed by atoms with Crippen LogP contribution in [0.4, 0.5) is 5.69 Å². The quantitative estimate of drug-likeness (QED) is 0.824. The van der Waals surface area contributed by atoms with Gasteiger partial charge in [-0.25, -0.2) is 4.79 Å². The number of rotatable bonds is 2. The largest absolute Gasteiger partial charge is 0.478 e. The Morgan fingerprint density at radius 3 is 2.69 bits per heavy atom. The highest BCUT2D eigenvalue weighted by molar-refractivity contribution is 5.88. The lowest BCUT2D eigenvalue weighted by atomic mass is 10.1. The number of carboxylic acid groups (broad SMARTS) is 1. The number of carbonyl (C=O) groups is 1. The zero-order chi connectivity index (χ0) is 11.5. The van der Waals surface area contributed by atoms with Crippen molar-refractivity contribution in [2.45, 2.75) is 13.0 Å². The van der Waals surface area contributed by atoms with Gasteiger partial charge >= 0.3 is 5.97 Å². The molecule has 1 fully saturated rings. The van der Waals surface area contributed by atoms with Crippen molar-refractivity contribution in [2.75, 3.05) is 24.7 Å². The summed E-state index contributed by atoms with van der Waals surface area (Å²) in [5, 5.41) is 8.80. The topological polar surface area (TPSA) is 49.8 Å². The third kappa shape index (κ3) is 2.17. The van der Waals surface area contributed by atoms with Gasteiger partial charge in [-0.1, -0.05) is 0 Å². The first-order valence-corrected chi connectivity index (χ1v) is 5.36. The Kier molecular flexibility index (Phi) is 3.10. The van der Waals surface area contributed by atoms with E-state index >= 15 is 0 Å². The van der Waals surface area contributed by atoms with Crippen molar-refractivity contribution in [1.82, 2.24) is 0 Å². The zero-order valence-electron chi connectivity index (χ0n) is 9.22. The van der Waals surface area contributed by atoms with Gasteiger partial charge < -0.3 is 14.7 Å². The highest BCUT2D eigenvalue weighted by Gasteiger charge is 2.18. The van der Waals surface area contributed by atoms with Crippen LogP contribution in [0.1, 0.15) is 17.3 Å². The summed E-state index contributed by atoms with van der Waals surface area (Å²) < 4.78 is 5.36. The molecular formula is C12H15NO3. The standard InChI is InChI=1S/C12H15NO3/c1-9-8-16-7-6-13(9)11-4-2-10(3-5-11)12(14)15/h2-5,9H,6-8H2,1H3,(H,14,15). The van der Waals surface area contributed by atoms with E-state index in [0.29, 0.717) is 11.6 Å². The molecule has 0 aliphatic carbocycles. The van der Waals surface area contributed by atoms with Crippen LogP contribution in [0.5, 0.6) is 0 Å². The van der Waals surface area contributed by atoms with Crippen molar-refractivity contribution in [3.8, 4) is 0 Å². The lowest BCUT2D eigenvalue weighted by molar-refractivity contribution is 0.0697. The maximum atomic E-state index is 10.7. The van der Waals surface area contributed by atoms with Gasteiger partial charge in [-0.2, -0.15) is 0 Å². The van der Waals surface area contributed by atoms with Gasteiger partial charge in [0.2, 0.25) is 0 Å². The maximum absolute atomic E-state index is 10.7. The molecule has 1 saturated heterocycles. The van der Waals surface area contributed by atoms with Crippen LogP contribution in [0.3, 0.4) is 0 Å². The highest BCUT2D eigenvalue weighted by atomic mass is 16.5. The van der Waals surface area contributed by atoms with Crippen LogP contribution in [-0.4, -0.2) is 36.9 Å². The molecule has 0 bridgehead atoms. The van der Waals surface area contributed by atoms with Crippen LogP contribution in [0.2, 0.25) is 0 Å². The molecule has 0 radical (unpaired) electrons. The molecule has 1 heterocycles. The first-order chi connectivity index (χ1) is 7.68. The summed E-state index contributed by atoms with van der Waals surface area (Å²) in [6.07, 6.45) is 0. The van der Waals surface area contributed by atoms with E-state index < -0.39 is 5.97 Å². The molecule has 0 spiro atoms. The second-order valence-electron chi connectivity index (χ2n) is 3.97. The zero-order valence-corrected chi connectivity index (χ0v) is 9.22. The Balaban J connectivity index is 2.17. The molecule has 1 N–H and O–H groups in total. The number of morpholine rings is 1. The predicted molar refractivity (Wildman–Crippen MR) is 61.0 cm³/mol. The van der Waals surface area contributed by atoms with Gasteiger partial charge in [0.1, 0.15) is 0 Å². The predicted octanol–water partition coefficient (Wildman–Crippen LogP) is 1.61. The van der Waals surface area contributed by atoms with Crippen molar-refractivity contribution in [2.24, 2.45) is 0 Å². The van der Waals surface area contributed by atoms with Crippen LogP contribution in [0.15, 0.2) is 24.3 Å². The monoisotopic (exact) mass is 221 g/mol. The lowest BCUT2D eigenvalue weighted by Gasteiger charge is -2.35. The minimum Gasteiger partial charge on any atom is -0.478 e. The van der Waals surface area contributed by atoms with Crippen molar-refractivity contribution in [3.05, 3.63) is 29.8 Å². The van der Waals surface area contributed by atoms with E-state index in [2.05, 4.69) is 11.8 Å². The fourth-order valence-electron chi connectivity index (χ4n) is 1.91. The van der Waals surface area contributed by atoms with Crippen molar-refractivity contribution < 1.29 is 14.6 Å². The van der Waals surface area contributed by atoms with E-state index in [-0.39, 0.29) is 0 Å². The number of anilines is 1. The number of nitrogens with zero attached hydrogens (tertiary/aromatic N) is 1. The van der Waals surface area contributed by atoms with Crippen molar-refractivity contribution in [1.29, 1.82) is 0 Å². The van der Waals surface area contributed by atoms with Gasteiger partial charge in [0.25, 0.3) is 0 Å². The van der Waals surface area contributed by atoms with E-state index in [1.54, 1.807) is 12.1 Å². The molecule has 1 atom stereocenters. The molecule has 1 aromatic rings. The number of carboxylic acids is 1. The Morgan fingerprint density at radius 1 is 1.44 bits per heavy atom. The molecule has 86 valence electrons. The molecule has 4 nitrogen and oxygen atoms in total. The molecule has 0 amide bonds. The minimum absolute atomic E-state index is 0.324. The summed E-state index contributed by atoms with van der Waals surface area (Å²) in [4.78, 5) is 13.0. The molecule has 16 heavy (non-hydrogen) atoms. The van der Waals surface area contributed by atoms with E-state index in [9.17, 15) is 4.79 Å². The van der Waals surface area contributed by atoms with Gasteiger partial charge in [0.15, 0.2) is 0 Å². The fraction of sp³-hybridized carbons (Fsp3) is 0.417. The normalized spacial score (nSPS) is 20.8. The first-order valence-electron chi connectivity index (χ1n) is 5.36. The minimum atomic E-state index is -0.887. The Bertz CT molecular complexity index is 374. The van der Waals surface area contributed by atoms with Crippen molar-refractivity contribution >= 4 is 11.7 Å². The number of benzene rings is 1. The van der Waals surface area contributed by atoms with E-state index in [1.165, 1.54) is 0 Å². The Labute approximate surface area is 94.4 Å². The third-order valence-corrected chi connectivity index (χ3v) is 2.81. The molecule has 1 aliphatic rings. The molecule has 2 rings (SSSR count). The first kappa shape index (κ1) is 11.0. The maximum Gasteiger partial charge on any atom is 0.335 e. The van der Waals surface area contributed by atoms with E-state index in [4.69, 9.17) is 9.84 Å². The highest BCUT2D eigenvalue weighted by Crippen LogP contribution is 2.20. The van der Waals surface area contributed by atoms with Crippen LogP contribution in [0, 0.1) is 0 Å². The van der Waals surface area contributed by atoms with Crippen LogP contribution in [0.25, 0.3) is 0 Å². The summed E-state index contributed by atoms with van der Waals surface area (Å²) in [5.41, 5.74) is 1.38. The number of ether oxygens (including phenoxy) is 1. The summed E-state index contributed by atoms with van der Waals surface area (Å²) >= 11 is 0. The molecule has 0 saturated carbocycles. The lowest BCUT2D eigenvalue weighted by Crippen LogP contribution is -2.43. The molecule has 1 unspecified atom stereocenters.